The second-order valence-corrected chi connectivity index (χ2v) is 11.1. The molecule has 8 N–H and O–H groups in total. The zero-order valence-corrected chi connectivity index (χ0v) is 26.0. The third-order valence-electron chi connectivity index (χ3n) is 5.08. The van der Waals surface area contributed by atoms with Gasteiger partial charge in [-0.15, -0.1) is 0 Å². The number of carboxylic acids is 1. The third-order valence-corrected chi connectivity index (χ3v) is 7.49. The molecule has 5 atom stereocenters. The van der Waals surface area contributed by atoms with Crippen LogP contribution in [0.4, 0.5) is 0 Å². The first-order chi connectivity index (χ1) is 18.4. The van der Waals surface area contributed by atoms with Crippen LogP contribution >= 0.6 is 61.4 Å². The SMILES string of the molecule is CSCCC(NC(=O)CNC(=O)C(CCSC)NC(=O)C(CS)NC(=O)C(N)CS)C(=O)NC(CS)C(=O)O. The van der Waals surface area contributed by atoms with E-state index in [9.17, 15) is 28.8 Å². The number of aliphatic carboxylic acids is 1. The Morgan fingerprint density at radius 3 is 1.62 bits per heavy atom. The van der Waals surface area contributed by atoms with Crippen molar-refractivity contribution in [3.63, 3.8) is 0 Å². The van der Waals surface area contributed by atoms with Crippen molar-refractivity contribution < 1.29 is 33.9 Å². The molecule has 0 aliphatic rings. The minimum atomic E-state index is -1.26. The summed E-state index contributed by atoms with van der Waals surface area (Å²) in [6, 6.07) is -5.25. The van der Waals surface area contributed by atoms with Gasteiger partial charge in [-0.3, -0.25) is 24.0 Å². The maximum absolute atomic E-state index is 12.8. The molecule has 0 saturated heterocycles. The number of carbonyl (C=O) groups is 6. The van der Waals surface area contributed by atoms with Crippen molar-refractivity contribution >= 4 is 96.9 Å². The van der Waals surface area contributed by atoms with E-state index >= 15 is 0 Å². The molecular formula is C21H38N6O7S5. The Kier molecular flexibility index (Phi) is 20.5. The van der Waals surface area contributed by atoms with Gasteiger partial charge in [0.1, 0.15) is 24.2 Å². The monoisotopic (exact) mass is 646 g/mol. The molecule has 18 heteroatoms. The molecule has 5 amide bonds. The lowest BCUT2D eigenvalue weighted by molar-refractivity contribution is -0.141. The highest BCUT2D eigenvalue weighted by Gasteiger charge is 2.28. The Morgan fingerprint density at radius 2 is 1.15 bits per heavy atom. The molecule has 224 valence electrons. The molecule has 13 nitrogen and oxygen atoms in total. The van der Waals surface area contributed by atoms with E-state index < -0.39 is 72.3 Å². The lowest BCUT2D eigenvalue weighted by Crippen LogP contribution is -2.57. The molecule has 0 aromatic carbocycles. The van der Waals surface area contributed by atoms with Crippen LogP contribution in [0.1, 0.15) is 12.8 Å². The first-order valence-corrected chi connectivity index (χ1v) is 16.4. The Morgan fingerprint density at radius 1 is 0.692 bits per heavy atom. The molecule has 39 heavy (non-hydrogen) atoms. The summed E-state index contributed by atoms with van der Waals surface area (Å²) in [5, 5.41) is 21.4. The van der Waals surface area contributed by atoms with Crippen molar-refractivity contribution in [1.29, 1.82) is 0 Å². The Bertz CT molecular complexity index is 841. The van der Waals surface area contributed by atoms with Crippen LogP contribution in [0.2, 0.25) is 0 Å². The molecule has 0 heterocycles. The lowest BCUT2D eigenvalue weighted by Gasteiger charge is -2.23. The number of thioether (sulfide) groups is 2. The summed E-state index contributed by atoms with van der Waals surface area (Å²) in [5.41, 5.74) is 5.62. The van der Waals surface area contributed by atoms with Crippen LogP contribution in [0.25, 0.3) is 0 Å². The van der Waals surface area contributed by atoms with E-state index in [1.165, 1.54) is 23.5 Å². The molecule has 0 spiro atoms. The lowest BCUT2D eigenvalue weighted by atomic mass is 10.1. The van der Waals surface area contributed by atoms with Gasteiger partial charge in [0.25, 0.3) is 0 Å². The Balaban J connectivity index is 5.23. The topological polar surface area (TPSA) is 209 Å². The predicted octanol–water partition coefficient (Wildman–Crippen LogP) is -2.25. The minimum absolute atomic E-state index is 0.0500. The van der Waals surface area contributed by atoms with Gasteiger partial charge in [-0.05, 0) is 36.9 Å². The van der Waals surface area contributed by atoms with Crippen LogP contribution < -0.4 is 32.3 Å². The molecule has 0 bridgehead atoms. The van der Waals surface area contributed by atoms with Crippen LogP contribution in [0.15, 0.2) is 0 Å². The summed E-state index contributed by atoms with van der Waals surface area (Å²) in [6.45, 7) is -0.494. The molecule has 0 fully saturated rings. The average Bonchev–Trinajstić information content (AvgIpc) is 2.92. The molecule has 0 rings (SSSR count). The summed E-state index contributed by atoms with van der Waals surface area (Å²) in [6.07, 6.45) is 4.10. The summed E-state index contributed by atoms with van der Waals surface area (Å²) in [7, 11) is 0. The van der Waals surface area contributed by atoms with Gasteiger partial charge in [-0.1, -0.05) is 0 Å². The fraction of sp³-hybridized carbons (Fsp3) is 0.714. The molecule has 0 aliphatic carbocycles. The summed E-state index contributed by atoms with van der Waals surface area (Å²) < 4.78 is 0. The van der Waals surface area contributed by atoms with Crippen LogP contribution in [-0.2, 0) is 28.8 Å². The van der Waals surface area contributed by atoms with Crippen molar-refractivity contribution in [2.75, 3.05) is 47.8 Å². The maximum Gasteiger partial charge on any atom is 0.327 e. The molecule has 0 saturated carbocycles. The maximum atomic E-state index is 12.8. The van der Waals surface area contributed by atoms with E-state index in [1.807, 2.05) is 12.5 Å². The third kappa shape index (κ3) is 15.2. The number of carboxylic acid groups (broad SMARTS) is 1. The van der Waals surface area contributed by atoms with Gasteiger partial charge in [-0.25, -0.2) is 4.79 Å². The van der Waals surface area contributed by atoms with E-state index in [4.69, 9.17) is 10.8 Å². The smallest absolute Gasteiger partial charge is 0.327 e. The number of carbonyl (C=O) groups excluding carboxylic acids is 5. The zero-order chi connectivity index (χ0) is 30.0. The van der Waals surface area contributed by atoms with E-state index in [1.54, 1.807) is 0 Å². The number of nitrogens with two attached hydrogens (primary N) is 1. The molecular weight excluding hydrogens is 609 g/mol. The van der Waals surface area contributed by atoms with Crippen molar-refractivity contribution in [2.24, 2.45) is 5.73 Å². The quantitative estimate of drug-likeness (QED) is 0.0643. The van der Waals surface area contributed by atoms with Crippen molar-refractivity contribution in [2.45, 2.75) is 43.1 Å². The standard InChI is InChI=1S/C21H38N6O7S5/c1-38-5-3-12(25-20(32)14(9-36)26-17(29)11(22)8-35)18(30)23-7-16(28)24-13(4-6-39-2)19(31)27-15(10-37)21(33)34/h11-15,35-37H,3-10,22H2,1-2H3,(H,23,30)(H,24,28)(H,25,32)(H,26,29)(H,27,31)(H,33,34). The van der Waals surface area contributed by atoms with Gasteiger partial charge in [0, 0.05) is 17.3 Å². The van der Waals surface area contributed by atoms with Gasteiger partial charge in [0.2, 0.25) is 29.5 Å². The summed E-state index contributed by atoms with van der Waals surface area (Å²) in [5.74, 6) is -3.61. The largest absolute Gasteiger partial charge is 0.480 e. The van der Waals surface area contributed by atoms with Gasteiger partial charge >= 0.3 is 5.97 Å². The first kappa shape index (κ1) is 37.5. The van der Waals surface area contributed by atoms with E-state index in [0.29, 0.717) is 11.5 Å². The first-order valence-electron chi connectivity index (χ1n) is 11.7. The average molecular weight is 647 g/mol. The molecule has 0 aliphatic heterocycles. The van der Waals surface area contributed by atoms with Gasteiger partial charge < -0.3 is 37.4 Å². The highest BCUT2D eigenvalue weighted by Crippen LogP contribution is 2.04. The van der Waals surface area contributed by atoms with Crippen LogP contribution in [0, 0.1) is 0 Å². The van der Waals surface area contributed by atoms with Crippen molar-refractivity contribution in [1.82, 2.24) is 26.6 Å². The second-order valence-electron chi connectivity index (χ2n) is 8.08. The van der Waals surface area contributed by atoms with Crippen LogP contribution in [0.5, 0.6) is 0 Å². The van der Waals surface area contributed by atoms with Crippen LogP contribution in [-0.4, -0.2) is 119 Å². The van der Waals surface area contributed by atoms with Gasteiger partial charge in [0.15, 0.2) is 0 Å². The fourth-order valence-corrected chi connectivity index (χ4v) is 4.44. The predicted molar refractivity (Wildman–Crippen MR) is 164 cm³/mol. The number of nitrogens with one attached hydrogen (secondary N) is 5. The Labute approximate surface area is 253 Å². The molecule has 5 unspecified atom stereocenters. The van der Waals surface area contributed by atoms with Gasteiger partial charge in [-0.2, -0.15) is 61.4 Å². The normalized spacial score (nSPS) is 14.6. The van der Waals surface area contributed by atoms with Gasteiger partial charge in [0.05, 0.1) is 12.6 Å². The number of amides is 5. The minimum Gasteiger partial charge on any atom is -0.480 e. The summed E-state index contributed by atoms with van der Waals surface area (Å²) >= 11 is 14.8. The fourth-order valence-electron chi connectivity index (χ4n) is 2.83. The number of thiol groups is 3. The number of hydrogen-bond donors (Lipinski definition) is 10. The molecule has 0 aromatic heterocycles. The van der Waals surface area contributed by atoms with E-state index in [2.05, 4.69) is 64.5 Å². The summed E-state index contributed by atoms with van der Waals surface area (Å²) in [4.78, 5) is 73.9. The highest BCUT2D eigenvalue weighted by atomic mass is 32.2. The Hall–Kier alpha value is -1.47. The van der Waals surface area contributed by atoms with Crippen molar-refractivity contribution in [3.8, 4) is 0 Å². The van der Waals surface area contributed by atoms with Crippen LogP contribution in [0.3, 0.4) is 0 Å². The zero-order valence-electron chi connectivity index (χ0n) is 21.7. The number of hydrogen-bond acceptors (Lipinski definition) is 12. The molecule has 0 radical (unpaired) electrons. The highest BCUT2D eigenvalue weighted by molar-refractivity contribution is 7.98. The van der Waals surface area contributed by atoms with E-state index in [0.717, 1.165) is 0 Å². The number of rotatable bonds is 20. The second kappa shape index (κ2) is 21.3. The van der Waals surface area contributed by atoms with E-state index in [-0.39, 0.29) is 30.1 Å². The molecule has 0 aromatic rings. The van der Waals surface area contributed by atoms with Crippen molar-refractivity contribution in [3.05, 3.63) is 0 Å².